The lowest BCUT2D eigenvalue weighted by Crippen LogP contribution is -2.43. The van der Waals surface area contributed by atoms with Crippen LogP contribution in [0.1, 0.15) is 33.3 Å². The second kappa shape index (κ2) is 9.21. The molecule has 2 fully saturated rings. The lowest BCUT2D eigenvalue weighted by Gasteiger charge is -2.24. The van der Waals surface area contributed by atoms with E-state index < -0.39 is 6.04 Å². The number of nitrogens with one attached hydrogen (secondary N) is 1. The van der Waals surface area contributed by atoms with Gasteiger partial charge in [-0.1, -0.05) is 35.3 Å². The predicted molar refractivity (Wildman–Crippen MR) is 123 cm³/mol. The number of hydrogen-bond acceptors (Lipinski definition) is 4. The van der Waals surface area contributed by atoms with Crippen LogP contribution in [-0.4, -0.2) is 40.8 Å². The monoisotopic (exact) mass is 466 g/mol. The molecule has 2 saturated heterocycles. The molecule has 4 rings (SSSR count). The van der Waals surface area contributed by atoms with Crippen molar-refractivity contribution in [2.45, 2.75) is 23.5 Å². The van der Waals surface area contributed by atoms with E-state index in [1.807, 2.05) is 41.7 Å². The second-order valence-corrected chi connectivity index (χ2v) is 10.5. The van der Waals surface area contributed by atoms with Crippen LogP contribution in [0.15, 0.2) is 42.5 Å². The number of carbonyl (C=O) groups is 2. The first kappa shape index (κ1) is 20.9. The smallest absolute Gasteiger partial charge is 0.256 e. The number of benzene rings is 2. The maximum absolute atomic E-state index is 13.0. The summed E-state index contributed by atoms with van der Waals surface area (Å²) in [6.07, 6.45) is 1.40. The van der Waals surface area contributed by atoms with Crippen LogP contribution in [0.4, 0.5) is 5.69 Å². The first-order valence-corrected chi connectivity index (χ1v) is 12.3. The minimum Gasteiger partial charge on any atom is -0.327 e. The zero-order chi connectivity index (χ0) is 20.4. The van der Waals surface area contributed by atoms with Crippen molar-refractivity contribution in [2.75, 3.05) is 23.4 Å². The number of carbonyl (C=O) groups excluding carboxylic acids is 2. The summed E-state index contributed by atoms with van der Waals surface area (Å²) in [5.74, 6) is 1.87. The molecule has 0 saturated carbocycles. The number of nitrogens with zero attached hydrogens (tertiary/aromatic N) is 1. The zero-order valence-electron chi connectivity index (χ0n) is 15.6. The Labute approximate surface area is 188 Å². The molecule has 8 heteroatoms. The Hall–Kier alpha value is -1.34. The van der Waals surface area contributed by atoms with Gasteiger partial charge in [0, 0.05) is 28.8 Å². The molecule has 29 heavy (non-hydrogen) atoms. The molecule has 4 nitrogen and oxygen atoms in total. The third kappa shape index (κ3) is 4.71. The summed E-state index contributed by atoms with van der Waals surface area (Å²) in [7, 11) is 0. The highest BCUT2D eigenvalue weighted by Gasteiger charge is 2.35. The van der Waals surface area contributed by atoms with Gasteiger partial charge in [-0.2, -0.15) is 0 Å². The van der Waals surface area contributed by atoms with E-state index >= 15 is 0 Å². The van der Waals surface area contributed by atoms with Crippen molar-refractivity contribution in [3.63, 3.8) is 0 Å². The second-order valence-electron chi connectivity index (χ2n) is 6.97. The first-order valence-electron chi connectivity index (χ1n) is 9.43. The Balaban J connectivity index is 1.49. The summed E-state index contributed by atoms with van der Waals surface area (Å²) in [6.45, 7) is 0.523. The Bertz CT molecular complexity index is 935. The third-order valence-electron chi connectivity index (χ3n) is 5.02. The molecule has 0 radical (unpaired) electrons. The highest BCUT2D eigenvalue weighted by Crippen LogP contribution is 2.45. The van der Waals surface area contributed by atoms with Crippen LogP contribution in [0.5, 0.6) is 0 Å². The molecule has 152 valence electrons. The van der Waals surface area contributed by atoms with E-state index in [4.69, 9.17) is 23.2 Å². The van der Waals surface area contributed by atoms with Gasteiger partial charge in [0.25, 0.3) is 5.91 Å². The molecule has 2 aromatic rings. The van der Waals surface area contributed by atoms with Crippen molar-refractivity contribution in [3.8, 4) is 0 Å². The minimum atomic E-state index is -0.517. The molecule has 1 atom stereocenters. The normalized spacial score (nSPS) is 19.5. The maximum atomic E-state index is 13.0. The largest absolute Gasteiger partial charge is 0.327 e. The summed E-state index contributed by atoms with van der Waals surface area (Å²) < 4.78 is 0.418. The summed E-state index contributed by atoms with van der Waals surface area (Å²) >= 11 is 16.1. The molecule has 0 spiro atoms. The number of anilines is 1. The van der Waals surface area contributed by atoms with E-state index in [0.717, 1.165) is 23.6 Å². The standard InChI is InChI=1S/C21H20Cl2N2O2S2/c22-14-6-7-17(23)16(12-14)20(27)25-8-2-5-18(25)19(26)24-15-4-1-3-13(11-15)21-28-9-10-29-21/h1,3-4,6-7,11-12,18,21H,2,5,8-10H2,(H,24,26). The molecule has 0 aliphatic carbocycles. The first-order chi connectivity index (χ1) is 14.0. The number of amides is 2. The van der Waals surface area contributed by atoms with Gasteiger partial charge in [-0.25, -0.2) is 0 Å². The van der Waals surface area contributed by atoms with Gasteiger partial charge in [-0.15, -0.1) is 23.5 Å². The van der Waals surface area contributed by atoms with Crippen LogP contribution in [0.25, 0.3) is 0 Å². The van der Waals surface area contributed by atoms with Gasteiger partial charge in [-0.05, 0) is 48.7 Å². The van der Waals surface area contributed by atoms with Crippen LogP contribution in [0.2, 0.25) is 10.0 Å². The van der Waals surface area contributed by atoms with Crippen LogP contribution in [0.3, 0.4) is 0 Å². The molecule has 2 aliphatic heterocycles. The molecule has 2 heterocycles. The molecular weight excluding hydrogens is 447 g/mol. The Morgan fingerprint density at radius 3 is 2.66 bits per heavy atom. The number of thioether (sulfide) groups is 2. The maximum Gasteiger partial charge on any atom is 0.256 e. The van der Waals surface area contributed by atoms with Gasteiger partial charge in [0.15, 0.2) is 0 Å². The Morgan fingerprint density at radius 2 is 1.86 bits per heavy atom. The SMILES string of the molecule is O=C(Nc1cccc(C2SCCS2)c1)C1CCCN1C(=O)c1cc(Cl)ccc1Cl. The molecule has 2 aromatic carbocycles. The molecule has 1 unspecified atom stereocenters. The molecule has 2 amide bonds. The lowest BCUT2D eigenvalue weighted by molar-refractivity contribution is -0.119. The van der Waals surface area contributed by atoms with Gasteiger partial charge in [0.05, 0.1) is 15.2 Å². The topological polar surface area (TPSA) is 49.4 Å². The zero-order valence-corrected chi connectivity index (χ0v) is 18.7. The summed E-state index contributed by atoms with van der Waals surface area (Å²) in [5.41, 5.74) is 2.30. The highest BCUT2D eigenvalue weighted by molar-refractivity contribution is 8.19. The van der Waals surface area contributed by atoms with Crippen LogP contribution < -0.4 is 5.32 Å². The number of likely N-dealkylation sites (tertiary alicyclic amines) is 1. The Morgan fingerprint density at radius 1 is 1.07 bits per heavy atom. The van der Waals surface area contributed by atoms with Crippen molar-refractivity contribution < 1.29 is 9.59 Å². The van der Waals surface area contributed by atoms with E-state index in [1.54, 1.807) is 23.1 Å². The van der Waals surface area contributed by atoms with Crippen molar-refractivity contribution in [1.29, 1.82) is 0 Å². The molecule has 2 aliphatic rings. The van der Waals surface area contributed by atoms with Crippen molar-refractivity contribution in [2.24, 2.45) is 0 Å². The average Bonchev–Trinajstić information content (AvgIpc) is 3.41. The Kier molecular flexibility index (Phi) is 6.64. The molecule has 0 bridgehead atoms. The average molecular weight is 467 g/mol. The number of halogens is 2. The van der Waals surface area contributed by atoms with Gasteiger partial charge >= 0.3 is 0 Å². The van der Waals surface area contributed by atoms with Crippen LogP contribution >= 0.6 is 46.7 Å². The fourth-order valence-corrected chi connectivity index (χ4v) is 6.85. The highest BCUT2D eigenvalue weighted by atomic mass is 35.5. The summed E-state index contributed by atoms with van der Waals surface area (Å²) in [5, 5.41) is 3.78. The molecular formula is C21H20Cl2N2O2S2. The fraction of sp³-hybridized carbons (Fsp3) is 0.333. The molecule has 1 N–H and O–H groups in total. The number of hydrogen-bond donors (Lipinski definition) is 1. The van der Waals surface area contributed by atoms with Crippen LogP contribution in [-0.2, 0) is 4.79 Å². The minimum absolute atomic E-state index is 0.169. The van der Waals surface area contributed by atoms with E-state index in [-0.39, 0.29) is 11.8 Å². The molecule has 0 aromatic heterocycles. The van der Waals surface area contributed by atoms with Gasteiger partial charge in [0.1, 0.15) is 6.04 Å². The summed E-state index contributed by atoms with van der Waals surface area (Å²) in [6, 6.07) is 12.3. The fourth-order valence-electron chi connectivity index (χ4n) is 3.64. The van der Waals surface area contributed by atoms with Gasteiger partial charge in [0.2, 0.25) is 5.91 Å². The van der Waals surface area contributed by atoms with Crippen LogP contribution in [0, 0.1) is 0 Å². The lowest BCUT2D eigenvalue weighted by atomic mass is 10.1. The number of rotatable bonds is 4. The van der Waals surface area contributed by atoms with Crippen molar-refractivity contribution >= 4 is 64.2 Å². The van der Waals surface area contributed by atoms with E-state index in [0.29, 0.717) is 33.2 Å². The van der Waals surface area contributed by atoms with Gasteiger partial charge < -0.3 is 10.2 Å². The van der Waals surface area contributed by atoms with E-state index in [1.165, 1.54) is 5.56 Å². The van der Waals surface area contributed by atoms with Crippen molar-refractivity contribution in [3.05, 3.63) is 63.6 Å². The quantitative estimate of drug-likeness (QED) is 0.626. The predicted octanol–water partition coefficient (Wildman–Crippen LogP) is 5.72. The van der Waals surface area contributed by atoms with Crippen molar-refractivity contribution in [1.82, 2.24) is 4.90 Å². The van der Waals surface area contributed by atoms with E-state index in [2.05, 4.69) is 11.4 Å². The third-order valence-corrected chi connectivity index (χ3v) is 8.69. The van der Waals surface area contributed by atoms with E-state index in [9.17, 15) is 9.59 Å². The summed E-state index contributed by atoms with van der Waals surface area (Å²) in [4.78, 5) is 27.6. The van der Waals surface area contributed by atoms with Gasteiger partial charge in [-0.3, -0.25) is 9.59 Å².